The number of halogens is 1. The number of hydrogen-bond acceptors (Lipinski definition) is 8. The van der Waals surface area contributed by atoms with E-state index < -0.39 is 0 Å². The molecule has 0 amide bonds. The van der Waals surface area contributed by atoms with Crippen LogP contribution in [0.25, 0.3) is 6.08 Å². The molecule has 166 valence electrons. The molecule has 9 heteroatoms. The molecule has 8 nitrogen and oxygen atoms in total. The van der Waals surface area contributed by atoms with Crippen molar-refractivity contribution in [2.24, 2.45) is 0 Å². The zero-order valence-corrected chi connectivity index (χ0v) is 19.1. The molecular weight excluding hydrogens is 428 g/mol. The highest BCUT2D eigenvalue weighted by Gasteiger charge is 2.21. The maximum Gasteiger partial charge on any atom is 0.325 e. The predicted octanol–water partition coefficient (Wildman–Crippen LogP) is 4.67. The Morgan fingerprint density at radius 3 is 2.69 bits per heavy atom. The quantitative estimate of drug-likeness (QED) is 0.598. The summed E-state index contributed by atoms with van der Waals surface area (Å²) in [6, 6.07) is 6.39. The molecular formula is C23H25ClN6O2. The third-order valence-electron chi connectivity index (χ3n) is 5.67. The molecule has 0 atom stereocenters. The van der Waals surface area contributed by atoms with Gasteiger partial charge in [-0.1, -0.05) is 29.3 Å². The Hall–Kier alpha value is -3.10. The largest absolute Gasteiger partial charge is 0.429 e. The lowest BCUT2D eigenvalue weighted by molar-refractivity contribution is 0.311. The van der Waals surface area contributed by atoms with Crippen molar-refractivity contribution in [3.8, 4) is 11.8 Å². The van der Waals surface area contributed by atoms with E-state index in [1.807, 2.05) is 25.1 Å². The molecule has 0 spiro atoms. The molecule has 0 radical (unpaired) electrons. The van der Waals surface area contributed by atoms with Gasteiger partial charge in [-0.25, -0.2) is 4.98 Å². The number of rotatable bonds is 5. The number of allylic oxidation sites excluding steroid dienone is 1. The van der Waals surface area contributed by atoms with Gasteiger partial charge < -0.3 is 19.0 Å². The molecule has 1 aromatic carbocycles. The minimum atomic E-state index is 0.216. The Morgan fingerprint density at radius 1 is 1.12 bits per heavy atom. The molecule has 3 aromatic rings. The first-order valence-electron chi connectivity index (χ1n) is 10.6. The van der Waals surface area contributed by atoms with Crippen LogP contribution in [0, 0.1) is 6.92 Å². The van der Waals surface area contributed by atoms with Crippen LogP contribution in [0.4, 0.5) is 17.7 Å². The third-order valence-corrected chi connectivity index (χ3v) is 6.06. The summed E-state index contributed by atoms with van der Waals surface area (Å²) in [5.74, 6) is 2.57. The first kappa shape index (κ1) is 20.8. The second kappa shape index (κ2) is 8.44. The van der Waals surface area contributed by atoms with E-state index in [0.717, 1.165) is 44.0 Å². The zero-order valence-electron chi connectivity index (χ0n) is 18.4. The minimum absolute atomic E-state index is 0.216. The Labute approximate surface area is 191 Å². The van der Waals surface area contributed by atoms with Gasteiger partial charge in [-0.05, 0) is 38.9 Å². The number of nitrogens with one attached hydrogen (secondary N) is 1. The number of piperazine rings is 1. The molecule has 2 aromatic heterocycles. The molecule has 1 aliphatic heterocycles. The first-order chi connectivity index (χ1) is 15.4. The molecule has 5 rings (SSSR count). The molecule has 2 aliphatic rings. The zero-order chi connectivity index (χ0) is 22.2. The standard InChI is InChI=1S/C23H25ClN6O2/c1-14-10-16-4-5-18(21(24)17(16)11-14)32-23-27-19(26-22-25-13-15(2)31-22)12-20(28-23)30-8-6-29(3)7-9-30/h4-5,11-13H,6-10H2,1-3H3,(H,25,26,27,28). The van der Waals surface area contributed by atoms with Gasteiger partial charge in [0.25, 0.3) is 6.01 Å². The summed E-state index contributed by atoms with van der Waals surface area (Å²) in [6.45, 7) is 7.60. The van der Waals surface area contributed by atoms with Crippen LogP contribution in [-0.2, 0) is 6.42 Å². The Kier molecular flexibility index (Phi) is 5.48. The summed E-state index contributed by atoms with van der Waals surface area (Å²) in [5, 5.41) is 3.69. The molecule has 32 heavy (non-hydrogen) atoms. The maximum absolute atomic E-state index is 6.66. The van der Waals surface area contributed by atoms with Crippen LogP contribution in [0.5, 0.6) is 11.8 Å². The average molecular weight is 453 g/mol. The Bertz CT molecular complexity index is 1180. The van der Waals surface area contributed by atoms with Crippen LogP contribution >= 0.6 is 11.6 Å². The Balaban J connectivity index is 1.47. The fraction of sp³-hybridized carbons (Fsp3) is 0.348. The smallest absolute Gasteiger partial charge is 0.325 e. The van der Waals surface area contributed by atoms with E-state index in [1.54, 1.807) is 6.20 Å². The van der Waals surface area contributed by atoms with Crippen molar-refractivity contribution in [2.45, 2.75) is 20.3 Å². The molecule has 1 fully saturated rings. The Morgan fingerprint density at radius 2 is 1.94 bits per heavy atom. The van der Waals surface area contributed by atoms with E-state index in [1.165, 1.54) is 11.1 Å². The van der Waals surface area contributed by atoms with Crippen molar-refractivity contribution >= 4 is 35.3 Å². The number of oxazole rings is 1. The van der Waals surface area contributed by atoms with Gasteiger partial charge >= 0.3 is 6.01 Å². The van der Waals surface area contributed by atoms with Crippen LogP contribution in [0.3, 0.4) is 0 Å². The first-order valence-corrected chi connectivity index (χ1v) is 11.0. The van der Waals surface area contributed by atoms with Gasteiger partial charge in [-0.2, -0.15) is 9.97 Å². The number of fused-ring (bicyclic) bond motifs is 1. The van der Waals surface area contributed by atoms with Gasteiger partial charge in [-0.15, -0.1) is 0 Å². The summed E-state index contributed by atoms with van der Waals surface area (Å²) >= 11 is 6.66. The minimum Gasteiger partial charge on any atom is -0.429 e. The fourth-order valence-electron chi connectivity index (χ4n) is 3.94. The van der Waals surface area contributed by atoms with Gasteiger partial charge in [0.15, 0.2) is 0 Å². The van der Waals surface area contributed by atoms with Crippen molar-refractivity contribution in [1.82, 2.24) is 19.9 Å². The van der Waals surface area contributed by atoms with Crippen molar-refractivity contribution in [1.29, 1.82) is 0 Å². The van der Waals surface area contributed by atoms with E-state index >= 15 is 0 Å². The third kappa shape index (κ3) is 4.28. The topological polar surface area (TPSA) is 79.5 Å². The number of benzene rings is 1. The molecule has 1 aliphatic carbocycles. The SMILES string of the molecule is CC1=Cc2c(ccc(Oc3nc(Nc4ncc(C)o4)cc(N4CCN(C)CC4)n3)c2Cl)C1. The van der Waals surface area contributed by atoms with Crippen molar-refractivity contribution in [3.63, 3.8) is 0 Å². The number of likely N-dealkylation sites (N-methyl/N-ethyl adjacent to an activating group) is 1. The molecule has 0 bridgehead atoms. The van der Waals surface area contributed by atoms with Gasteiger partial charge in [-0.3, -0.25) is 5.32 Å². The lowest BCUT2D eigenvalue weighted by atomic mass is 10.1. The number of ether oxygens (including phenoxy) is 1. The van der Waals surface area contributed by atoms with Crippen molar-refractivity contribution in [3.05, 3.63) is 51.9 Å². The highest BCUT2D eigenvalue weighted by molar-refractivity contribution is 6.33. The fourth-order valence-corrected chi connectivity index (χ4v) is 4.22. The number of hydrogen-bond donors (Lipinski definition) is 1. The van der Waals surface area contributed by atoms with Crippen molar-refractivity contribution < 1.29 is 9.15 Å². The molecule has 1 saturated heterocycles. The highest BCUT2D eigenvalue weighted by Crippen LogP contribution is 2.38. The lowest BCUT2D eigenvalue weighted by Crippen LogP contribution is -2.44. The number of aryl methyl sites for hydroxylation is 1. The molecule has 1 N–H and O–H groups in total. The van der Waals surface area contributed by atoms with E-state index in [2.05, 4.69) is 50.1 Å². The predicted molar refractivity (Wildman–Crippen MR) is 125 cm³/mol. The monoisotopic (exact) mass is 452 g/mol. The summed E-state index contributed by atoms with van der Waals surface area (Å²) in [4.78, 5) is 17.9. The van der Waals surface area contributed by atoms with Gasteiger partial charge in [0.1, 0.15) is 23.1 Å². The van der Waals surface area contributed by atoms with E-state index in [-0.39, 0.29) is 6.01 Å². The average Bonchev–Trinajstić information content (AvgIpc) is 3.35. The normalized spacial score (nSPS) is 16.1. The van der Waals surface area contributed by atoms with Gasteiger partial charge in [0.2, 0.25) is 0 Å². The van der Waals surface area contributed by atoms with E-state index in [4.69, 9.17) is 20.8 Å². The summed E-state index contributed by atoms with van der Waals surface area (Å²) in [5.41, 5.74) is 3.49. The van der Waals surface area contributed by atoms with Crippen LogP contribution in [0.15, 0.2) is 34.4 Å². The van der Waals surface area contributed by atoms with E-state index in [9.17, 15) is 0 Å². The number of anilines is 3. The van der Waals surface area contributed by atoms with Crippen LogP contribution in [-0.4, -0.2) is 53.1 Å². The summed E-state index contributed by atoms with van der Waals surface area (Å²) in [6.07, 6.45) is 4.67. The summed E-state index contributed by atoms with van der Waals surface area (Å²) in [7, 11) is 2.12. The highest BCUT2D eigenvalue weighted by atomic mass is 35.5. The molecule has 3 heterocycles. The lowest BCUT2D eigenvalue weighted by Gasteiger charge is -2.33. The maximum atomic E-state index is 6.66. The summed E-state index contributed by atoms with van der Waals surface area (Å²) < 4.78 is 11.6. The van der Waals surface area contributed by atoms with E-state index in [0.29, 0.717) is 28.4 Å². The van der Waals surface area contributed by atoms with Gasteiger partial charge in [0, 0.05) is 37.8 Å². The number of nitrogens with zero attached hydrogens (tertiary/aromatic N) is 5. The second-order valence-corrected chi connectivity index (χ2v) is 8.68. The van der Waals surface area contributed by atoms with Crippen LogP contribution in [0.1, 0.15) is 23.8 Å². The van der Waals surface area contributed by atoms with Gasteiger partial charge in [0.05, 0.1) is 11.2 Å². The molecule has 0 unspecified atom stereocenters. The van der Waals surface area contributed by atoms with Crippen molar-refractivity contribution in [2.75, 3.05) is 43.4 Å². The number of aromatic nitrogens is 3. The van der Waals surface area contributed by atoms with Crippen LogP contribution in [0.2, 0.25) is 5.02 Å². The second-order valence-electron chi connectivity index (χ2n) is 8.31. The van der Waals surface area contributed by atoms with Crippen LogP contribution < -0.4 is 15.0 Å². The molecule has 0 saturated carbocycles.